The molecule has 22 aromatic rings. The molecule has 0 amide bonds. The van der Waals surface area contributed by atoms with E-state index in [2.05, 4.69) is 418 Å². The number of hydrogen-bond acceptors (Lipinski definition) is 4. The van der Waals surface area contributed by atoms with E-state index in [9.17, 15) is 0 Å². The molecule has 4 aliphatic carbocycles. The van der Waals surface area contributed by atoms with Crippen LogP contribution >= 0.6 is 0 Å². The van der Waals surface area contributed by atoms with Crippen LogP contribution < -0.4 is 0 Å². The fraction of sp³-hybridized carbons (Fsp3) is 0.0984. The topological polar surface area (TPSA) is 56.5 Å². The van der Waals surface area contributed by atoms with Crippen molar-refractivity contribution in [2.24, 2.45) is 0 Å². The molecule has 0 atom stereocenters. The molecule has 0 spiro atoms. The third kappa shape index (κ3) is 10.8. The van der Waals surface area contributed by atoms with Gasteiger partial charge in [0, 0.05) is 70.8 Å². The Bertz CT molecular complexity index is 8160. The monoisotopic (exact) mass is 1620 g/mol. The highest BCUT2D eigenvalue weighted by Crippen LogP contribution is 2.56. The van der Waals surface area contributed by atoms with Gasteiger partial charge in [0.1, 0.15) is 0 Å². The van der Waals surface area contributed by atoms with Crippen LogP contribution in [0.1, 0.15) is 99.9 Å². The van der Waals surface area contributed by atoms with Crippen LogP contribution in [0.2, 0.25) is 0 Å². The molecule has 3 aromatic heterocycles. The van der Waals surface area contributed by atoms with Crippen LogP contribution in [0.4, 0.5) is 0 Å². The third-order valence-corrected chi connectivity index (χ3v) is 29.7. The minimum Gasteiger partial charge on any atom is -0.309 e. The van der Waals surface area contributed by atoms with Gasteiger partial charge in [-0.2, -0.15) is 0 Å². The standard InChI is InChI=1S/C122H85N5/c1-119(2)103-32-16-12-28-89(103)93-50-40-78(64-107(93)119)72-36-46-85-87-48-38-74(80-42-52-95-91-30-14-18-34-105(91)121(5,6)109(95)66-80)62-101(87)117-115(99(85)60-72)123-68-111(125-117)82-24-20-22-70(56-82)76-44-54-113-97(58-76)98-59-77(45-55-114(98)127(113)84-26-10-9-11-27-84)71-23-21-25-83(57-71)112-69-124-116-100-61-73(79-41-51-94-90-29-13-17-33-104(90)120(3,4)108(94)65-79)37-47-86(100)88-49-39-75(63-102(88)118(116)126-112)81-43-53-96-92-31-15-19-35-106(92)122(7,8)110(96)67-81/h9-69H,1-8H3. The number of nitrogens with zero attached hydrogens (tertiary/aromatic N) is 5. The van der Waals surface area contributed by atoms with Crippen LogP contribution in [0, 0.1) is 0 Å². The molecule has 127 heavy (non-hydrogen) atoms. The lowest BCUT2D eigenvalue weighted by atomic mass is 9.81. The van der Waals surface area contributed by atoms with Crippen LogP contribution in [0.25, 0.3) is 226 Å². The zero-order valence-corrected chi connectivity index (χ0v) is 72.0. The Hall–Kier alpha value is -15.3. The Labute approximate surface area is 737 Å². The van der Waals surface area contributed by atoms with Gasteiger partial charge in [-0.25, -0.2) is 9.97 Å². The van der Waals surface area contributed by atoms with Crippen molar-refractivity contribution in [2.45, 2.75) is 77.0 Å². The Kier molecular flexibility index (Phi) is 15.4. The number of fused-ring (bicyclic) bond motifs is 27. The highest BCUT2D eigenvalue weighted by molar-refractivity contribution is 6.26. The van der Waals surface area contributed by atoms with Gasteiger partial charge in [-0.1, -0.05) is 316 Å². The maximum atomic E-state index is 5.81. The van der Waals surface area contributed by atoms with Crippen LogP contribution in [0.15, 0.2) is 370 Å². The van der Waals surface area contributed by atoms with Crippen molar-refractivity contribution in [1.82, 2.24) is 24.5 Å². The molecule has 0 bridgehead atoms. The third-order valence-electron chi connectivity index (χ3n) is 29.7. The summed E-state index contributed by atoms with van der Waals surface area (Å²) >= 11 is 0. The molecular formula is C122H85N5. The number of benzene rings is 19. The Balaban J connectivity index is 0.586. The van der Waals surface area contributed by atoms with Gasteiger partial charge in [-0.15, -0.1) is 0 Å². The summed E-state index contributed by atoms with van der Waals surface area (Å²) in [4.78, 5) is 22.7. The van der Waals surface area contributed by atoms with Gasteiger partial charge in [-0.05, 0) is 274 Å². The zero-order chi connectivity index (χ0) is 84.8. The predicted octanol–water partition coefficient (Wildman–Crippen LogP) is 31.8. The summed E-state index contributed by atoms with van der Waals surface area (Å²) in [6, 6.07) is 134. The van der Waals surface area contributed by atoms with Crippen molar-refractivity contribution >= 4 is 87.0 Å². The van der Waals surface area contributed by atoms with Crippen molar-refractivity contribution in [1.29, 1.82) is 0 Å². The molecule has 4 aliphatic rings. The first-order valence-electron chi connectivity index (χ1n) is 44.6. The van der Waals surface area contributed by atoms with Gasteiger partial charge in [0.15, 0.2) is 0 Å². The molecule has 0 saturated heterocycles. The van der Waals surface area contributed by atoms with Crippen molar-refractivity contribution in [3.8, 4) is 139 Å². The van der Waals surface area contributed by atoms with E-state index in [1.54, 1.807) is 0 Å². The van der Waals surface area contributed by atoms with E-state index < -0.39 is 0 Å². The Morgan fingerprint density at radius 2 is 0.433 bits per heavy atom. The fourth-order valence-electron chi connectivity index (χ4n) is 22.9. The van der Waals surface area contributed by atoms with Crippen molar-refractivity contribution in [2.75, 3.05) is 0 Å². The minimum atomic E-state index is -0.139. The summed E-state index contributed by atoms with van der Waals surface area (Å²) in [5, 5.41) is 11.2. The summed E-state index contributed by atoms with van der Waals surface area (Å²) in [5.74, 6) is 0. The quantitative estimate of drug-likeness (QED) is 0.135. The molecule has 26 rings (SSSR count). The Morgan fingerprint density at radius 1 is 0.181 bits per heavy atom. The van der Waals surface area contributed by atoms with Crippen molar-refractivity contribution < 1.29 is 0 Å². The number of rotatable bonds is 9. The van der Waals surface area contributed by atoms with E-state index in [1.165, 1.54) is 111 Å². The Morgan fingerprint density at radius 3 is 0.764 bits per heavy atom. The lowest BCUT2D eigenvalue weighted by Crippen LogP contribution is -2.14. The largest absolute Gasteiger partial charge is 0.309 e. The number of para-hydroxylation sites is 1. The molecule has 5 heteroatoms. The summed E-state index contributed by atoms with van der Waals surface area (Å²) in [5.41, 5.74) is 45.1. The van der Waals surface area contributed by atoms with E-state index in [-0.39, 0.29) is 21.7 Å². The van der Waals surface area contributed by atoms with Crippen LogP contribution in [0.3, 0.4) is 0 Å². The zero-order valence-electron chi connectivity index (χ0n) is 72.0. The van der Waals surface area contributed by atoms with Crippen LogP contribution in [0.5, 0.6) is 0 Å². The highest BCUT2D eigenvalue weighted by Gasteiger charge is 2.40. The molecule has 0 fully saturated rings. The molecule has 0 N–H and O–H groups in total. The molecule has 3 heterocycles. The van der Waals surface area contributed by atoms with Gasteiger partial charge in [0.2, 0.25) is 0 Å². The van der Waals surface area contributed by atoms with E-state index in [4.69, 9.17) is 19.9 Å². The van der Waals surface area contributed by atoms with Crippen LogP contribution in [-0.2, 0) is 21.7 Å². The number of hydrogen-bond donors (Lipinski definition) is 0. The molecule has 598 valence electrons. The molecule has 0 aliphatic heterocycles. The summed E-state index contributed by atoms with van der Waals surface area (Å²) in [6.45, 7) is 18.9. The minimum absolute atomic E-state index is 0.130. The second-order valence-electron chi connectivity index (χ2n) is 38.0. The summed E-state index contributed by atoms with van der Waals surface area (Å²) in [6.07, 6.45) is 4.00. The lowest BCUT2D eigenvalue weighted by molar-refractivity contribution is 0.660. The first-order chi connectivity index (χ1) is 61.9. The molecule has 0 saturated carbocycles. The molecule has 19 aromatic carbocycles. The second kappa shape index (κ2) is 26.6. The van der Waals surface area contributed by atoms with E-state index in [0.717, 1.165) is 160 Å². The van der Waals surface area contributed by atoms with Crippen molar-refractivity contribution in [3.05, 3.63) is 415 Å². The maximum absolute atomic E-state index is 5.81. The smallest absolute Gasteiger partial charge is 0.0979 e. The average molecular weight is 1620 g/mol. The predicted molar refractivity (Wildman–Crippen MR) is 531 cm³/mol. The number of aromatic nitrogens is 5. The van der Waals surface area contributed by atoms with Crippen LogP contribution in [-0.4, -0.2) is 24.5 Å². The summed E-state index contributed by atoms with van der Waals surface area (Å²) in [7, 11) is 0. The molecule has 0 unspecified atom stereocenters. The average Bonchev–Trinajstić information content (AvgIpc) is 1.72. The molecule has 5 nitrogen and oxygen atoms in total. The van der Waals surface area contributed by atoms with E-state index >= 15 is 0 Å². The highest BCUT2D eigenvalue weighted by atomic mass is 15.0. The van der Waals surface area contributed by atoms with Gasteiger partial charge in [0.25, 0.3) is 0 Å². The molecule has 0 radical (unpaired) electrons. The second-order valence-corrected chi connectivity index (χ2v) is 38.0. The van der Waals surface area contributed by atoms with Gasteiger partial charge < -0.3 is 4.57 Å². The lowest BCUT2D eigenvalue weighted by Gasteiger charge is -2.22. The van der Waals surface area contributed by atoms with Gasteiger partial charge in [0.05, 0.1) is 56.9 Å². The molecular weight excluding hydrogens is 1540 g/mol. The first-order valence-corrected chi connectivity index (χ1v) is 44.6. The SMILES string of the molecule is CC1(C)c2ccccc2-c2ccc(-c3ccc4c5ccc(-c6ccc7c(c6)C(C)(C)c6ccccc6-7)cc5c5nc(-c6cccc(-c7ccc8c(c7)c7cc(-c9cccc(-c%10cnc%11c%12cc(-c%13ccc%14c(c%13)C(C)(C)c%13ccccc%13-%14)ccc%12c%12ccc(-c%13ccc%14c(c%13)C(C)(C)c%13ccccc%13-%14)cc%12c%11n%10)c9)ccc7n8-c7ccccc7)c6)cnc5c4c3)cc21. The maximum Gasteiger partial charge on any atom is 0.0979 e. The fourth-order valence-corrected chi connectivity index (χ4v) is 22.9. The van der Waals surface area contributed by atoms with E-state index in [0.29, 0.717) is 0 Å². The van der Waals surface area contributed by atoms with Gasteiger partial charge in [-0.3, -0.25) is 9.97 Å². The van der Waals surface area contributed by atoms with E-state index in [1.807, 2.05) is 12.4 Å². The normalized spacial score (nSPS) is 14.4. The summed E-state index contributed by atoms with van der Waals surface area (Å²) < 4.78 is 2.41. The van der Waals surface area contributed by atoms with Gasteiger partial charge >= 0.3 is 0 Å². The van der Waals surface area contributed by atoms with Crippen molar-refractivity contribution in [3.63, 3.8) is 0 Å². The first kappa shape index (κ1) is 73.3.